The van der Waals surface area contributed by atoms with Gasteiger partial charge in [-0.25, -0.2) is 9.69 Å². The highest BCUT2D eigenvalue weighted by Gasteiger charge is 2.44. The average molecular weight is 431 g/mol. The number of rotatable bonds is 8. The number of benzene rings is 1. The largest absolute Gasteiger partial charge is 0.466 e. The first-order valence-electron chi connectivity index (χ1n) is 11.0. The zero-order valence-electron chi connectivity index (χ0n) is 18.2. The lowest BCUT2D eigenvalue weighted by molar-refractivity contribution is -0.150. The number of carbonyl (C=O) groups excluding carboxylic acids is 4. The normalized spacial score (nSPS) is 21.9. The van der Waals surface area contributed by atoms with Crippen molar-refractivity contribution in [2.45, 2.75) is 52.0 Å². The number of nitrogens with zero attached hydrogens (tertiary/aromatic N) is 2. The number of anilines is 1. The van der Waals surface area contributed by atoms with Crippen LogP contribution >= 0.6 is 0 Å². The summed E-state index contributed by atoms with van der Waals surface area (Å²) in [6.45, 7) is 5.55. The van der Waals surface area contributed by atoms with Gasteiger partial charge < -0.3 is 9.47 Å². The Kier molecular flexibility index (Phi) is 7.79. The Hall–Kier alpha value is -2.74. The third-order valence-corrected chi connectivity index (χ3v) is 5.73. The fourth-order valence-corrected chi connectivity index (χ4v) is 4.05. The van der Waals surface area contributed by atoms with E-state index in [1.165, 1.54) is 4.90 Å². The number of esters is 2. The fourth-order valence-electron chi connectivity index (χ4n) is 4.05. The summed E-state index contributed by atoms with van der Waals surface area (Å²) in [7, 11) is 0. The van der Waals surface area contributed by atoms with Crippen molar-refractivity contribution in [3.8, 4) is 0 Å². The van der Waals surface area contributed by atoms with E-state index in [9.17, 15) is 19.2 Å². The summed E-state index contributed by atoms with van der Waals surface area (Å²) in [6.07, 6.45) is 3.31. The molecule has 0 bridgehead atoms. The van der Waals surface area contributed by atoms with E-state index >= 15 is 0 Å². The Labute approximate surface area is 182 Å². The van der Waals surface area contributed by atoms with Crippen LogP contribution in [0.2, 0.25) is 0 Å². The van der Waals surface area contributed by atoms with Crippen molar-refractivity contribution < 1.29 is 28.7 Å². The van der Waals surface area contributed by atoms with Gasteiger partial charge in [0.05, 0.1) is 42.8 Å². The summed E-state index contributed by atoms with van der Waals surface area (Å²) < 4.78 is 10.3. The predicted octanol–water partition coefficient (Wildman–Crippen LogP) is 2.55. The van der Waals surface area contributed by atoms with Crippen LogP contribution in [0, 0.1) is 5.92 Å². The van der Waals surface area contributed by atoms with Crippen LogP contribution in [0.4, 0.5) is 5.69 Å². The van der Waals surface area contributed by atoms with Crippen molar-refractivity contribution in [2.24, 2.45) is 5.92 Å². The molecule has 2 saturated heterocycles. The minimum absolute atomic E-state index is 0.0786. The maximum atomic E-state index is 13.1. The summed E-state index contributed by atoms with van der Waals surface area (Å²) in [4.78, 5) is 53.0. The molecule has 168 valence electrons. The van der Waals surface area contributed by atoms with Gasteiger partial charge in [0, 0.05) is 6.54 Å². The second kappa shape index (κ2) is 10.5. The smallest absolute Gasteiger partial charge is 0.338 e. The quantitative estimate of drug-likeness (QED) is 0.355. The number of piperidine rings is 1. The van der Waals surface area contributed by atoms with Crippen molar-refractivity contribution in [1.82, 2.24) is 4.90 Å². The van der Waals surface area contributed by atoms with Gasteiger partial charge in [-0.3, -0.25) is 19.3 Å². The molecule has 0 spiro atoms. The Balaban J connectivity index is 1.66. The third kappa shape index (κ3) is 5.31. The van der Waals surface area contributed by atoms with Gasteiger partial charge in [-0.1, -0.05) is 13.3 Å². The first kappa shape index (κ1) is 22.9. The molecule has 8 nitrogen and oxygen atoms in total. The highest BCUT2D eigenvalue weighted by atomic mass is 16.5. The van der Waals surface area contributed by atoms with Crippen molar-refractivity contribution in [2.75, 3.05) is 31.2 Å². The minimum Gasteiger partial charge on any atom is -0.466 e. The molecule has 2 amide bonds. The summed E-state index contributed by atoms with van der Waals surface area (Å²) in [5, 5.41) is 0. The van der Waals surface area contributed by atoms with Gasteiger partial charge >= 0.3 is 11.9 Å². The van der Waals surface area contributed by atoms with E-state index in [0.717, 1.165) is 25.7 Å². The Morgan fingerprint density at radius 1 is 1.10 bits per heavy atom. The second-order valence-corrected chi connectivity index (χ2v) is 7.91. The molecule has 31 heavy (non-hydrogen) atoms. The molecule has 3 rings (SSSR count). The van der Waals surface area contributed by atoms with Crippen LogP contribution in [0.1, 0.15) is 56.3 Å². The highest BCUT2D eigenvalue weighted by molar-refractivity contribution is 6.22. The SMILES string of the molecule is CCCCOC(=O)c1ccc(N2C(=O)C[C@H](N3CCC[C@@H](C(=O)OCC)C3)C2=O)cc1. The van der Waals surface area contributed by atoms with Crippen LogP contribution in [0.25, 0.3) is 0 Å². The standard InChI is InChI=1S/C23H30N2O6/c1-3-5-13-31-22(28)16-8-10-18(11-9-16)25-20(26)14-19(21(25)27)24-12-6-7-17(15-24)23(29)30-4-2/h8-11,17,19H,3-7,12-15H2,1-2H3/t17-,19+/m1/s1. The van der Waals surface area contributed by atoms with Gasteiger partial charge in [-0.2, -0.15) is 0 Å². The summed E-state index contributed by atoms with van der Waals surface area (Å²) in [6, 6.07) is 5.73. The van der Waals surface area contributed by atoms with E-state index in [1.807, 2.05) is 11.8 Å². The molecular weight excluding hydrogens is 400 g/mol. The van der Waals surface area contributed by atoms with Gasteiger partial charge in [0.1, 0.15) is 0 Å². The van der Waals surface area contributed by atoms with Crippen LogP contribution in [0.15, 0.2) is 24.3 Å². The molecule has 2 heterocycles. The fraction of sp³-hybridized carbons (Fsp3) is 0.565. The third-order valence-electron chi connectivity index (χ3n) is 5.73. The van der Waals surface area contributed by atoms with Gasteiger partial charge in [0.15, 0.2) is 0 Å². The Morgan fingerprint density at radius 3 is 2.52 bits per heavy atom. The maximum Gasteiger partial charge on any atom is 0.338 e. The number of unbranched alkanes of at least 4 members (excludes halogenated alkanes) is 1. The van der Waals surface area contributed by atoms with Crippen LogP contribution < -0.4 is 4.90 Å². The molecule has 8 heteroatoms. The number of hydrogen-bond acceptors (Lipinski definition) is 7. The number of ether oxygens (including phenoxy) is 2. The number of likely N-dealkylation sites (tertiary alicyclic amines) is 1. The molecule has 1 aromatic rings. The predicted molar refractivity (Wildman–Crippen MR) is 113 cm³/mol. The van der Waals surface area contributed by atoms with E-state index in [0.29, 0.717) is 37.6 Å². The lowest BCUT2D eigenvalue weighted by atomic mass is 9.96. The lowest BCUT2D eigenvalue weighted by Crippen LogP contribution is -2.48. The molecule has 0 unspecified atom stereocenters. The van der Waals surface area contributed by atoms with Crippen LogP contribution in [0.5, 0.6) is 0 Å². The zero-order chi connectivity index (χ0) is 22.4. The van der Waals surface area contributed by atoms with E-state index < -0.39 is 12.0 Å². The molecule has 2 aliphatic heterocycles. The lowest BCUT2D eigenvalue weighted by Gasteiger charge is -2.34. The molecule has 0 N–H and O–H groups in total. The van der Waals surface area contributed by atoms with Gasteiger partial charge in [-0.15, -0.1) is 0 Å². The molecule has 1 aromatic carbocycles. The van der Waals surface area contributed by atoms with Crippen molar-refractivity contribution >= 4 is 29.4 Å². The first-order valence-corrected chi connectivity index (χ1v) is 11.0. The molecule has 2 fully saturated rings. The van der Waals surface area contributed by atoms with Gasteiger partial charge in [-0.05, 0) is 57.0 Å². The van der Waals surface area contributed by atoms with E-state index in [-0.39, 0.29) is 30.1 Å². The summed E-state index contributed by atoms with van der Waals surface area (Å²) in [5.41, 5.74) is 0.811. The molecule has 0 radical (unpaired) electrons. The van der Waals surface area contributed by atoms with Crippen LogP contribution in [0.3, 0.4) is 0 Å². The van der Waals surface area contributed by atoms with Crippen LogP contribution in [-0.2, 0) is 23.9 Å². The Morgan fingerprint density at radius 2 is 1.84 bits per heavy atom. The molecular formula is C23H30N2O6. The average Bonchev–Trinajstić information content (AvgIpc) is 3.08. The molecule has 0 saturated carbocycles. The first-order chi connectivity index (χ1) is 15.0. The highest BCUT2D eigenvalue weighted by Crippen LogP contribution is 2.29. The Bertz CT molecular complexity index is 822. The minimum atomic E-state index is -0.580. The molecule has 0 aromatic heterocycles. The molecule has 0 aliphatic carbocycles. The molecule has 2 aliphatic rings. The van der Waals surface area contributed by atoms with E-state index in [1.54, 1.807) is 31.2 Å². The molecule has 2 atom stereocenters. The summed E-state index contributed by atoms with van der Waals surface area (Å²) >= 11 is 0. The van der Waals surface area contributed by atoms with Gasteiger partial charge in [0.25, 0.3) is 5.91 Å². The maximum absolute atomic E-state index is 13.1. The second-order valence-electron chi connectivity index (χ2n) is 7.91. The van der Waals surface area contributed by atoms with Crippen molar-refractivity contribution in [1.29, 1.82) is 0 Å². The number of carbonyl (C=O) groups is 4. The summed E-state index contributed by atoms with van der Waals surface area (Å²) in [5.74, 6) is -1.53. The van der Waals surface area contributed by atoms with Crippen LogP contribution in [-0.4, -0.2) is 61.0 Å². The van der Waals surface area contributed by atoms with Gasteiger partial charge in [0.2, 0.25) is 5.91 Å². The van der Waals surface area contributed by atoms with Crippen molar-refractivity contribution in [3.05, 3.63) is 29.8 Å². The zero-order valence-corrected chi connectivity index (χ0v) is 18.2. The monoisotopic (exact) mass is 430 g/mol. The topological polar surface area (TPSA) is 93.2 Å². The van der Waals surface area contributed by atoms with E-state index in [4.69, 9.17) is 9.47 Å². The number of amides is 2. The number of hydrogen-bond donors (Lipinski definition) is 0. The number of imide groups is 1. The van der Waals surface area contributed by atoms with Crippen molar-refractivity contribution in [3.63, 3.8) is 0 Å². The van der Waals surface area contributed by atoms with E-state index in [2.05, 4.69) is 0 Å².